The van der Waals surface area contributed by atoms with Crippen molar-refractivity contribution < 1.29 is 4.39 Å². The van der Waals surface area contributed by atoms with Gasteiger partial charge in [0.25, 0.3) is 0 Å². The van der Waals surface area contributed by atoms with E-state index in [-0.39, 0.29) is 17.9 Å². The number of hydrogen-bond donors (Lipinski definition) is 1. The van der Waals surface area contributed by atoms with Gasteiger partial charge in [0.05, 0.1) is 5.69 Å². The molecule has 1 fully saturated rings. The van der Waals surface area contributed by atoms with Crippen LogP contribution in [0.3, 0.4) is 0 Å². The Hall–Kier alpha value is -1.87. The fourth-order valence-electron chi connectivity index (χ4n) is 2.95. The van der Waals surface area contributed by atoms with Gasteiger partial charge in [-0.1, -0.05) is 36.4 Å². The predicted molar refractivity (Wildman–Crippen MR) is 85.1 cm³/mol. The Morgan fingerprint density at radius 2 is 1.90 bits per heavy atom. The summed E-state index contributed by atoms with van der Waals surface area (Å²) in [5.41, 5.74) is 2.91. The molecule has 2 aromatic carbocycles. The van der Waals surface area contributed by atoms with Crippen LogP contribution in [0.15, 0.2) is 48.5 Å². The maximum Gasteiger partial charge on any atom is 0.146 e. The van der Waals surface area contributed by atoms with Crippen LogP contribution in [0, 0.1) is 12.7 Å². The average molecular weight is 284 g/mol. The molecule has 1 saturated heterocycles. The van der Waals surface area contributed by atoms with Gasteiger partial charge < -0.3 is 10.2 Å². The molecule has 0 amide bonds. The fourth-order valence-corrected chi connectivity index (χ4v) is 2.95. The van der Waals surface area contributed by atoms with Crippen molar-refractivity contribution in [2.24, 2.45) is 0 Å². The largest absolute Gasteiger partial charge is 0.363 e. The Morgan fingerprint density at radius 3 is 2.62 bits per heavy atom. The van der Waals surface area contributed by atoms with E-state index in [0.29, 0.717) is 5.69 Å². The average Bonchev–Trinajstić information content (AvgIpc) is 2.49. The van der Waals surface area contributed by atoms with E-state index in [1.54, 1.807) is 6.07 Å². The molecule has 0 aromatic heterocycles. The molecule has 0 aliphatic carbocycles. The van der Waals surface area contributed by atoms with Crippen molar-refractivity contribution in [1.82, 2.24) is 5.32 Å². The van der Waals surface area contributed by atoms with Gasteiger partial charge in [0.15, 0.2) is 0 Å². The van der Waals surface area contributed by atoms with Gasteiger partial charge in [-0.2, -0.15) is 0 Å². The lowest BCUT2D eigenvalue weighted by atomic mass is 10.0. The number of rotatable bonds is 2. The molecule has 3 heteroatoms. The van der Waals surface area contributed by atoms with Crippen molar-refractivity contribution in [2.45, 2.75) is 25.9 Å². The maximum absolute atomic E-state index is 14.3. The lowest BCUT2D eigenvalue weighted by molar-refractivity contribution is 0.410. The number of aryl methyl sites for hydroxylation is 1. The van der Waals surface area contributed by atoms with Gasteiger partial charge in [-0.05, 0) is 37.1 Å². The number of halogens is 1. The van der Waals surface area contributed by atoms with Crippen molar-refractivity contribution in [1.29, 1.82) is 0 Å². The van der Waals surface area contributed by atoms with E-state index in [4.69, 9.17) is 0 Å². The standard InChI is InChI=1S/C18H21FN2/c1-13-8-9-18(16(19)10-13)21-12-17(20-11-14(21)2)15-6-4-3-5-7-15/h3-10,14,17,20H,11-12H2,1-2H3. The second-order valence-corrected chi connectivity index (χ2v) is 5.83. The van der Waals surface area contributed by atoms with Crippen molar-refractivity contribution in [2.75, 3.05) is 18.0 Å². The molecule has 2 aromatic rings. The van der Waals surface area contributed by atoms with Crippen molar-refractivity contribution in [3.8, 4) is 0 Å². The van der Waals surface area contributed by atoms with Gasteiger partial charge >= 0.3 is 0 Å². The Morgan fingerprint density at radius 1 is 1.14 bits per heavy atom. The number of anilines is 1. The highest BCUT2D eigenvalue weighted by molar-refractivity contribution is 5.51. The molecule has 0 bridgehead atoms. The first-order chi connectivity index (χ1) is 10.1. The van der Waals surface area contributed by atoms with Gasteiger partial charge in [0.1, 0.15) is 5.82 Å². The van der Waals surface area contributed by atoms with Crippen LogP contribution < -0.4 is 10.2 Å². The van der Waals surface area contributed by atoms with Crippen LogP contribution in [0.1, 0.15) is 24.1 Å². The zero-order chi connectivity index (χ0) is 14.8. The van der Waals surface area contributed by atoms with Gasteiger partial charge in [-0.25, -0.2) is 4.39 Å². The lowest BCUT2D eigenvalue weighted by Gasteiger charge is -2.40. The third kappa shape index (κ3) is 2.93. The smallest absolute Gasteiger partial charge is 0.146 e. The summed E-state index contributed by atoms with van der Waals surface area (Å²) in [6.45, 7) is 5.69. The molecule has 110 valence electrons. The molecule has 2 unspecified atom stereocenters. The molecule has 0 radical (unpaired) electrons. The molecular weight excluding hydrogens is 263 g/mol. The summed E-state index contributed by atoms with van der Waals surface area (Å²) in [5, 5.41) is 3.55. The minimum atomic E-state index is -0.129. The van der Waals surface area contributed by atoms with Crippen LogP contribution in [0.2, 0.25) is 0 Å². The number of nitrogens with zero attached hydrogens (tertiary/aromatic N) is 1. The molecule has 1 aliphatic rings. The molecule has 3 rings (SSSR count). The van der Waals surface area contributed by atoms with E-state index in [9.17, 15) is 4.39 Å². The van der Waals surface area contributed by atoms with Crippen LogP contribution >= 0.6 is 0 Å². The third-order valence-corrected chi connectivity index (χ3v) is 4.19. The highest BCUT2D eigenvalue weighted by Gasteiger charge is 2.27. The zero-order valence-corrected chi connectivity index (χ0v) is 12.5. The third-order valence-electron chi connectivity index (χ3n) is 4.19. The Bertz CT molecular complexity index is 612. The van der Waals surface area contributed by atoms with Crippen LogP contribution in [-0.4, -0.2) is 19.1 Å². The van der Waals surface area contributed by atoms with Crippen molar-refractivity contribution >= 4 is 5.69 Å². The van der Waals surface area contributed by atoms with E-state index >= 15 is 0 Å². The Balaban J connectivity index is 1.87. The molecule has 2 atom stereocenters. The molecule has 1 heterocycles. The maximum atomic E-state index is 14.3. The van der Waals surface area contributed by atoms with Gasteiger partial charge in [0.2, 0.25) is 0 Å². The Kier molecular flexibility index (Phi) is 3.93. The van der Waals surface area contributed by atoms with Crippen molar-refractivity contribution in [3.05, 3.63) is 65.5 Å². The van der Waals surface area contributed by atoms with E-state index in [1.807, 2.05) is 37.3 Å². The molecule has 0 spiro atoms. The molecule has 2 nitrogen and oxygen atoms in total. The molecular formula is C18H21FN2. The van der Waals surface area contributed by atoms with Crippen LogP contribution in [-0.2, 0) is 0 Å². The molecule has 1 aliphatic heterocycles. The fraction of sp³-hybridized carbons (Fsp3) is 0.333. The second-order valence-electron chi connectivity index (χ2n) is 5.83. The SMILES string of the molecule is Cc1ccc(N2CC(c3ccccc3)NCC2C)c(F)c1. The topological polar surface area (TPSA) is 15.3 Å². The minimum Gasteiger partial charge on any atom is -0.363 e. The highest BCUT2D eigenvalue weighted by Crippen LogP contribution is 2.28. The van der Waals surface area contributed by atoms with E-state index < -0.39 is 0 Å². The first-order valence-electron chi connectivity index (χ1n) is 7.46. The molecule has 21 heavy (non-hydrogen) atoms. The van der Waals surface area contributed by atoms with Gasteiger partial charge in [0, 0.05) is 25.2 Å². The first kappa shape index (κ1) is 14.1. The summed E-state index contributed by atoms with van der Waals surface area (Å²) in [4.78, 5) is 2.17. The zero-order valence-electron chi connectivity index (χ0n) is 12.5. The number of nitrogens with one attached hydrogen (secondary N) is 1. The van der Waals surface area contributed by atoms with Gasteiger partial charge in [-0.3, -0.25) is 0 Å². The van der Waals surface area contributed by atoms with Crippen LogP contribution in [0.25, 0.3) is 0 Å². The van der Waals surface area contributed by atoms with Crippen LogP contribution in [0.4, 0.5) is 10.1 Å². The summed E-state index contributed by atoms with van der Waals surface area (Å²) in [7, 11) is 0. The first-order valence-corrected chi connectivity index (χ1v) is 7.46. The molecule has 0 saturated carbocycles. The quantitative estimate of drug-likeness (QED) is 0.905. The van der Waals surface area contributed by atoms with E-state index in [2.05, 4.69) is 29.3 Å². The summed E-state index contributed by atoms with van der Waals surface area (Å²) in [6.07, 6.45) is 0. The van der Waals surface area contributed by atoms with Crippen molar-refractivity contribution in [3.63, 3.8) is 0 Å². The van der Waals surface area contributed by atoms with Crippen LogP contribution in [0.5, 0.6) is 0 Å². The summed E-state index contributed by atoms with van der Waals surface area (Å²) < 4.78 is 14.3. The summed E-state index contributed by atoms with van der Waals surface area (Å²) >= 11 is 0. The van der Waals surface area contributed by atoms with E-state index in [0.717, 1.165) is 18.7 Å². The monoisotopic (exact) mass is 284 g/mol. The normalized spacial score (nSPS) is 22.3. The Labute approximate surface area is 125 Å². The number of benzene rings is 2. The number of hydrogen-bond acceptors (Lipinski definition) is 2. The summed E-state index contributed by atoms with van der Waals surface area (Å²) in [5.74, 6) is -0.129. The number of piperazine rings is 1. The second kappa shape index (κ2) is 5.86. The van der Waals surface area contributed by atoms with E-state index in [1.165, 1.54) is 5.56 Å². The lowest BCUT2D eigenvalue weighted by Crippen LogP contribution is -2.51. The summed E-state index contributed by atoms with van der Waals surface area (Å²) in [6, 6.07) is 16.4. The highest BCUT2D eigenvalue weighted by atomic mass is 19.1. The molecule has 1 N–H and O–H groups in total. The van der Waals surface area contributed by atoms with Gasteiger partial charge in [-0.15, -0.1) is 0 Å². The minimum absolute atomic E-state index is 0.129. The predicted octanol–water partition coefficient (Wildman–Crippen LogP) is 3.67.